The normalized spacial score (nSPS) is 17.1. The first-order valence-corrected chi connectivity index (χ1v) is 7.39. The fourth-order valence-electron chi connectivity index (χ4n) is 2.66. The molecule has 1 fully saturated rings. The van der Waals surface area contributed by atoms with E-state index in [1.54, 1.807) is 0 Å². The van der Waals surface area contributed by atoms with Crippen LogP contribution in [-0.2, 0) is 11.2 Å². The van der Waals surface area contributed by atoms with Crippen LogP contribution in [0.4, 0.5) is 5.69 Å². The molecule has 4 heteroatoms. The number of likely N-dealkylation sites (tertiary alicyclic amines) is 1. The van der Waals surface area contributed by atoms with E-state index in [4.69, 9.17) is 0 Å². The summed E-state index contributed by atoms with van der Waals surface area (Å²) in [5, 5.41) is 12.5. The van der Waals surface area contributed by atoms with Crippen LogP contribution >= 0.6 is 0 Å². The van der Waals surface area contributed by atoms with Crippen LogP contribution in [-0.4, -0.2) is 41.7 Å². The van der Waals surface area contributed by atoms with Gasteiger partial charge in [0.1, 0.15) is 0 Å². The van der Waals surface area contributed by atoms with Gasteiger partial charge in [-0.3, -0.25) is 9.69 Å². The number of carbonyl (C=O) groups is 1. The number of amides is 1. The molecular weight excluding hydrogens is 252 g/mol. The second-order valence-corrected chi connectivity index (χ2v) is 5.52. The van der Waals surface area contributed by atoms with E-state index in [1.165, 1.54) is 5.56 Å². The van der Waals surface area contributed by atoms with Gasteiger partial charge in [0.05, 0.1) is 12.6 Å². The average Bonchev–Trinajstić information content (AvgIpc) is 2.43. The maximum atomic E-state index is 12.2. The molecule has 0 aliphatic carbocycles. The summed E-state index contributed by atoms with van der Waals surface area (Å²) in [6.07, 6.45) is 2.24. The summed E-state index contributed by atoms with van der Waals surface area (Å²) in [7, 11) is 0. The zero-order valence-electron chi connectivity index (χ0n) is 12.4. The van der Waals surface area contributed by atoms with Crippen LogP contribution in [0.25, 0.3) is 0 Å². The molecule has 110 valence electrons. The molecule has 1 aromatic carbocycles. The number of anilines is 1. The van der Waals surface area contributed by atoms with Gasteiger partial charge in [-0.05, 0) is 37.3 Å². The Morgan fingerprint density at radius 2 is 2.10 bits per heavy atom. The van der Waals surface area contributed by atoms with Crippen molar-refractivity contribution in [2.24, 2.45) is 0 Å². The predicted molar refractivity (Wildman–Crippen MR) is 80.9 cm³/mol. The highest BCUT2D eigenvalue weighted by Gasteiger charge is 2.19. The monoisotopic (exact) mass is 276 g/mol. The van der Waals surface area contributed by atoms with Gasteiger partial charge in [-0.1, -0.05) is 25.1 Å². The lowest BCUT2D eigenvalue weighted by Crippen LogP contribution is -2.40. The van der Waals surface area contributed by atoms with Crippen LogP contribution < -0.4 is 5.32 Å². The minimum atomic E-state index is -0.197. The van der Waals surface area contributed by atoms with E-state index in [-0.39, 0.29) is 12.0 Å². The molecule has 0 radical (unpaired) electrons. The van der Waals surface area contributed by atoms with Gasteiger partial charge in [-0.15, -0.1) is 0 Å². The Labute approximate surface area is 120 Å². The molecule has 1 aliphatic rings. The zero-order valence-corrected chi connectivity index (χ0v) is 12.4. The van der Waals surface area contributed by atoms with E-state index in [0.29, 0.717) is 6.54 Å². The molecular formula is C16H24N2O2. The van der Waals surface area contributed by atoms with Crippen LogP contribution in [0, 0.1) is 6.92 Å². The van der Waals surface area contributed by atoms with Gasteiger partial charge in [-0.2, -0.15) is 0 Å². The number of carbonyl (C=O) groups excluding carboxylic acids is 1. The fraction of sp³-hybridized carbons (Fsp3) is 0.562. The number of rotatable bonds is 4. The predicted octanol–water partition coefficient (Wildman–Crippen LogP) is 1.95. The summed E-state index contributed by atoms with van der Waals surface area (Å²) in [5.41, 5.74) is 3.23. The highest BCUT2D eigenvalue weighted by molar-refractivity contribution is 5.93. The summed E-state index contributed by atoms with van der Waals surface area (Å²) in [5.74, 6) is 0.0328. The Morgan fingerprint density at radius 1 is 1.40 bits per heavy atom. The van der Waals surface area contributed by atoms with E-state index in [9.17, 15) is 9.90 Å². The summed E-state index contributed by atoms with van der Waals surface area (Å²) < 4.78 is 0. The second-order valence-electron chi connectivity index (χ2n) is 5.52. The van der Waals surface area contributed by atoms with Gasteiger partial charge in [-0.25, -0.2) is 0 Å². The number of hydrogen-bond acceptors (Lipinski definition) is 3. The first-order chi connectivity index (χ1) is 9.60. The van der Waals surface area contributed by atoms with Crippen molar-refractivity contribution in [2.45, 2.75) is 39.2 Å². The lowest BCUT2D eigenvalue weighted by molar-refractivity contribution is -0.117. The molecule has 0 aromatic heterocycles. The number of benzene rings is 1. The molecule has 0 spiro atoms. The number of aliphatic hydroxyl groups excluding tert-OH is 1. The molecule has 0 bridgehead atoms. The Bertz CT molecular complexity index is 466. The van der Waals surface area contributed by atoms with Gasteiger partial charge >= 0.3 is 0 Å². The Balaban J connectivity index is 1.95. The topological polar surface area (TPSA) is 52.6 Å². The van der Waals surface area contributed by atoms with E-state index < -0.39 is 0 Å². The molecule has 0 unspecified atom stereocenters. The lowest BCUT2D eigenvalue weighted by atomic mass is 10.1. The molecule has 1 aliphatic heterocycles. The minimum absolute atomic E-state index is 0.0328. The summed E-state index contributed by atoms with van der Waals surface area (Å²) in [6.45, 7) is 6.11. The number of aryl methyl sites for hydroxylation is 2. The molecule has 1 heterocycles. The van der Waals surface area contributed by atoms with Gasteiger partial charge in [0.15, 0.2) is 0 Å². The van der Waals surface area contributed by atoms with Crippen molar-refractivity contribution >= 4 is 11.6 Å². The Kier molecular flexibility index (Phi) is 5.15. The van der Waals surface area contributed by atoms with Crippen LogP contribution in [0.3, 0.4) is 0 Å². The van der Waals surface area contributed by atoms with Crippen molar-refractivity contribution in [1.82, 2.24) is 4.90 Å². The quantitative estimate of drug-likeness (QED) is 0.884. The molecule has 2 N–H and O–H groups in total. The van der Waals surface area contributed by atoms with E-state index in [1.807, 2.05) is 19.1 Å². The van der Waals surface area contributed by atoms with Crippen LogP contribution in [0.5, 0.6) is 0 Å². The third kappa shape index (κ3) is 3.81. The number of para-hydroxylation sites is 1. The number of piperidine rings is 1. The van der Waals surface area contributed by atoms with Gasteiger partial charge in [0, 0.05) is 18.8 Å². The smallest absolute Gasteiger partial charge is 0.238 e. The molecule has 2 rings (SSSR count). The fourth-order valence-corrected chi connectivity index (χ4v) is 2.66. The molecule has 0 saturated carbocycles. The van der Waals surface area contributed by atoms with Crippen molar-refractivity contribution in [1.29, 1.82) is 0 Å². The average molecular weight is 276 g/mol. The van der Waals surface area contributed by atoms with Crippen LogP contribution in [0.2, 0.25) is 0 Å². The highest BCUT2D eigenvalue weighted by atomic mass is 16.3. The standard InChI is InChI=1S/C16H24N2O2/c1-3-13-6-4-5-12(2)16(13)17-15(20)11-18-9-7-14(19)8-10-18/h4-6,14,19H,3,7-11H2,1-2H3,(H,17,20). The number of aliphatic hydroxyl groups is 1. The van der Waals surface area contributed by atoms with Crippen LogP contribution in [0.15, 0.2) is 18.2 Å². The summed E-state index contributed by atoms with van der Waals surface area (Å²) >= 11 is 0. The number of hydrogen-bond donors (Lipinski definition) is 2. The first-order valence-electron chi connectivity index (χ1n) is 7.39. The maximum absolute atomic E-state index is 12.2. The number of nitrogens with zero attached hydrogens (tertiary/aromatic N) is 1. The van der Waals surface area contributed by atoms with Crippen molar-refractivity contribution in [2.75, 3.05) is 25.0 Å². The minimum Gasteiger partial charge on any atom is -0.393 e. The van der Waals surface area contributed by atoms with E-state index in [0.717, 1.165) is 43.6 Å². The summed E-state index contributed by atoms with van der Waals surface area (Å²) in [4.78, 5) is 14.3. The van der Waals surface area contributed by atoms with Gasteiger partial charge in [0.2, 0.25) is 5.91 Å². The molecule has 20 heavy (non-hydrogen) atoms. The Morgan fingerprint density at radius 3 is 2.75 bits per heavy atom. The second kappa shape index (κ2) is 6.86. The Hall–Kier alpha value is -1.39. The van der Waals surface area contributed by atoms with Gasteiger partial charge in [0.25, 0.3) is 0 Å². The molecule has 4 nitrogen and oxygen atoms in total. The molecule has 1 aromatic rings. The summed E-state index contributed by atoms with van der Waals surface area (Å²) in [6, 6.07) is 6.10. The van der Waals surface area contributed by atoms with Crippen LogP contribution in [0.1, 0.15) is 30.9 Å². The van der Waals surface area contributed by atoms with Crippen molar-refractivity contribution < 1.29 is 9.90 Å². The van der Waals surface area contributed by atoms with E-state index >= 15 is 0 Å². The maximum Gasteiger partial charge on any atom is 0.238 e. The SMILES string of the molecule is CCc1cccc(C)c1NC(=O)CN1CCC(O)CC1. The first kappa shape index (κ1) is 15.0. The van der Waals surface area contributed by atoms with Crippen molar-refractivity contribution in [3.05, 3.63) is 29.3 Å². The highest BCUT2D eigenvalue weighted by Crippen LogP contribution is 2.21. The third-order valence-corrected chi connectivity index (χ3v) is 3.93. The van der Waals surface area contributed by atoms with E-state index in [2.05, 4.69) is 23.2 Å². The van der Waals surface area contributed by atoms with Crippen molar-refractivity contribution in [3.63, 3.8) is 0 Å². The molecule has 1 amide bonds. The number of nitrogens with one attached hydrogen (secondary N) is 1. The zero-order chi connectivity index (χ0) is 14.5. The van der Waals surface area contributed by atoms with Crippen molar-refractivity contribution in [3.8, 4) is 0 Å². The molecule has 1 saturated heterocycles. The van der Waals surface area contributed by atoms with Gasteiger partial charge < -0.3 is 10.4 Å². The largest absolute Gasteiger partial charge is 0.393 e. The third-order valence-electron chi connectivity index (χ3n) is 3.93. The molecule has 0 atom stereocenters. The lowest BCUT2D eigenvalue weighted by Gasteiger charge is -2.29.